The first-order valence-electron chi connectivity index (χ1n) is 6.39. The van der Waals surface area contributed by atoms with Crippen LogP contribution in [0.3, 0.4) is 0 Å². The Morgan fingerprint density at radius 1 is 1.10 bits per heavy atom. The lowest BCUT2D eigenvalue weighted by molar-refractivity contribution is 0.625. The van der Waals surface area contributed by atoms with Gasteiger partial charge in [-0.25, -0.2) is 9.37 Å². The number of rotatable bonds is 1. The first kappa shape index (κ1) is 11.8. The van der Waals surface area contributed by atoms with Crippen LogP contribution in [0, 0.1) is 5.82 Å². The number of H-pyrrole nitrogens is 1. The number of para-hydroxylation sites is 1. The molecule has 0 aliphatic rings. The van der Waals surface area contributed by atoms with Crippen LogP contribution in [0.15, 0.2) is 57.7 Å². The lowest BCUT2D eigenvalue weighted by atomic mass is 10.2. The number of aromatic nitrogens is 2. The minimum absolute atomic E-state index is 0.217. The number of benzene rings is 2. The maximum atomic E-state index is 13.2. The molecule has 5 heteroatoms. The van der Waals surface area contributed by atoms with Crippen molar-refractivity contribution in [3.8, 4) is 11.6 Å². The first-order chi connectivity index (χ1) is 10.2. The van der Waals surface area contributed by atoms with Gasteiger partial charge in [0.15, 0.2) is 11.6 Å². The van der Waals surface area contributed by atoms with E-state index in [0.717, 1.165) is 5.39 Å². The molecule has 0 atom stereocenters. The number of furan rings is 1. The zero-order chi connectivity index (χ0) is 14.4. The van der Waals surface area contributed by atoms with Crippen molar-refractivity contribution in [1.82, 2.24) is 9.97 Å². The minimum atomic E-state index is -0.466. The zero-order valence-corrected chi connectivity index (χ0v) is 10.8. The summed E-state index contributed by atoms with van der Waals surface area (Å²) in [5.74, 6) is 0.334. The molecule has 0 unspecified atom stereocenters. The van der Waals surface area contributed by atoms with Crippen LogP contribution in [-0.2, 0) is 0 Å². The Morgan fingerprint density at radius 2 is 1.95 bits per heavy atom. The number of hydrogen-bond acceptors (Lipinski definition) is 3. The second-order valence-electron chi connectivity index (χ2n) is 4.72. The molecule has 0 spiro atoms. The number of fused-ring (bicyclic) bond motifs is 2. The molecule has 0 bridgehead atoms. The molecule has 2 aromatic heterocycles. The van der Waals surface area contributed by atoms with E-state index in [-0.39, 0.29) is 5.39 Å². The summed E-state index contributed by atoms with van der Waals surface area (Å²) in [7, 11) is 0. The summed E-state index contributed by atoms with van der Waals surface area (Å²) in [4.78, 5) is 19.0. The standard InChI is InChI=1S/C16H9FN2O2/c17-10-5-6-12-11(8-10)16(20)19-15(18-12)14-7-9-3-1-2-4-13(9)21-14/h1-8H,(H,18,19,20). The molecule has 0 amide bonds. The van der Waals surface area contributed by atoms with Crippen LogP contribution in [0.5, 0.6) is 0 Å². The van der Waals surface area contributed by atoms with Gasteiger partial charge in [-0.15, -0.1) is 0 Å². The highest BCUT2D eigenvalue weighted by Gasteiger charge is 2.11. The van der Waals surface area contributed by atoms with Gasteiger partial charge in [-0.1, -0.05) is 18.2 Å². The summed E-state index contributed by atoms with van der Waals surface area (Å²) in [6.45, 7) is 0. The molecule has 4 rings (SSSR count). The molecule has 4 nitrogen and oxygen atoms in total. The Hall–Kier alpha value is -2.95. The Kier molecular flexibility index (Phi) is 2.41. The van der Waals surface area contributed by atoms with E-state index in [4.69, 9.17) is 4.42 Å². The smallest absolute Gasteiger partial charge is 0.259 e. The third-order valence-corrected chi connectivity index (χ3v) is 3.33. The van der Waals surface area contributed by atoms with E-state index >= 15 is 0 Å². The van der Waals surface area contributed by atoms with E-state index in [1.54, 1.807) is 0 Å². The highest BCUT2D eigenvalue weighted by atomic mass is 19.1. The molecule has 1 N–H and O–H groups in total. The van der Waals surface area contributed by atoms with Crippen molar-refractivity contribution < 1.29 is 8.81 Å². The number of nitrogens with zero attached hydrogens (tertiary/aromatic N) is 1. The van der Waals surface area contributed by atoms with Crippen LogP contribution in [0.1, 0.15) is 0 Å². The quantitative estimate of drug-likeness (QED) is 0.580. The van der Waals surface area contributed by atoms with Gasteiger partial charge in [-0.05, 0) is 30.3 Å². The van der Waals surface area contributed by atoms with E-state index < -0.39 is 11.4 Å². The molecule has 102 valence electrons. The van der Waals surface area contributed by atoms with Crippen molar-refractivity contribution in [2.24, 2.45) is 0 Å². The number of nitrogens with one attached hydrogen (secondary N) is 1. The van der Waals surface area contributed by atoms with Crippen LogP contribution < -0.4 is 5.56 Å². The average Bonchev–Trinajstić information content (AvgIpc) is 2.92. The van der Waals surface area contributed by atoms with E-state index in [9.17, 15) is 9.18 Å². The number of halogens is 1. The normalized spacial score (nSPS) is 11.3. The molecular weight excluding hydrogens is 271 g/mol. The van der Waals surface area contributed by atoms with Crippen molar-refractivity contribution >= 4 is 21.9 Å². The fourth-order valence-corrected chi connectivity index (χ4v) is 2.33. The Morgan fingerprint density at radius 3 is 2.81 bits per heavy atom. The van der Waals surface area contributed by atoms with Crippen LogP contribution in [0.4, 0.5) is 4.39 Å². The van der Waals surface area contributed by atoms with Gasteiger partial charge in [-0.2, -0.15) is 0 Å². The summed E-state index contributed by atoms with van der Waals surface area (Å²) in [6, 6.07) is 13.3. The van der Waals surface area contributed by atoms with Gasteiger partial charge >= 0.3 is 0 Å². The molecule has 0 fully saturated rings. The minimum Gasteiger partial charge on any atom is -0.453 e. The molecular formula is C16H9FN2O2. The molecule has 0 saturated heterocycles. The fourth-order valence-electron chi connectivity index (χ4n) is 2.33. The summed E-state index contributed by atoms with van der Waals surface area (Å²) in [5.41, 5.74) is 0.750. The fraction of sp³-hybridized carbons (Fsp3) is 0. The van der Waals surface area contributed by atoms with Crippen LogP contribution >= 0.6 is 0 Å². The van der Waals surface area contributed by atoms with Crippen molar-refractivity contribution in [3.63, 3.8) is 0 Å². The summed E-state index contributed by atoms with van der Waals surface area (Å²) < 4.78 is 18.9. The van der Waals surface area contributed by atoms with Crippen molar-refractivity contribution in [1.29, 1.82) is 0 Å². The van der Waals surface area contributed by atoms with Gasteiger partial charge in [-0.3, -0.25) is 4.79 Å². The topological polar surface area (TPSA) is 58.9 Å². The van der Waals surface area contributed by atoms with E-state index in [1.807, 2.05) is 30.3 Å². The number of aromatic amines is 1. The Balaban J connectivity index is 1.98. The van der Waals surface area contributed by atoms with Crippen LogP contribution in [-0.4, -0.2) is 9.97 Å². The van der Waals surface area contributed by atoms with E-state index in [1.165, 1.54) is 18.2 Å². The van der Waals surface area contributed by atoms with Crippen LogP contribution in [0.25, 0.3) is 33.5 Å². The largest absolute Gasteiger partial charge is 0.453 e. The first-order valence-corrected chi connectivity index (χ1v) is 6.39. The highest BCUT2D eigenvalue weighted by Crippen LogP contribution is 2.25. The summed E-state index contributed by atoms with van der Waals surface area (Å²) in [6.07, 6.45) is 0. The zero-order valence-electron chi connectivity index (χ0n) is 10.8. The maximum absolute atomic E-state index is 13.2. The van der Waals surface area contributed by atoms with Crippen molar-refractivity contribution in [2.45, 2.75) is 0 Å². The predicted octanol–water partition coefficient (Wildman–Crippen LogP) is 3.48. The third kappa shape index (κ3) is 1.90. The molecule has 0 saturated carbocycles. The average molecular weight is 280 g/mol. The molecule has 2 aromatic carbocycles. The van der Waals surface area contributed by atoms with Gasteiger partial charge < -0.3 is 9.40 Å². The van der Waals surface area contributed by atoms with Crippen molar-refractivity contribution in [3.05, 3.63) is 64.7 Å². The summed E-state index contributed by atoms with van der Waals surface area (Å²) in [5, 5.41) is 1.14. The molecule has 2 heterocycles. The molecule has 0 radical (unpaired) electrons. The van der Waals surface area contributed by atoms with E-state index in [0.29, 0.717) is 22.7 Å². The Labute approximate surface area is 117 Å². The van der Waals surface area contributed by atoms with E-state index in [2.05, 4.69) is 9.97 Å². The van der Waals surface area contributed by atoms with Crippen LogP contribution in [0.2, 0.25) is 0 Å². The molecule has 0 aliphatic heterocycles. The number of hydrogen-bond donors (Lipinski definition) is 1. The second-order valence-corrected chi connectivity index (χ2v) is 4.72. The molecule has 4 aromatic rings. The third-order valence-electron chi connectivity index (χ3n) is 3.33. The predicted molar refractivity (Wildman–Crippen MR) is 77.5 cm³/mol. The lowest BCUT2D eigenvalue weighted by Crippen LogP contribution is -2.09. The summed E-state index contributed by atoms with van der Waals surface area (Å²) >= 11 is 0. The molecule has 21 heavy (non-hydrogen) atoms. The monoisotopic (exact) mass is 280 g/mol. The maximum Gasteiger partial charge on any atom is 0.259 e. The Bertz CT molecular complexity index is 1000. The molecule has 0 aliphatic carbocycles. The lowest BCUT2D eigenvalue weighted by Gasteiger charge is -2.00. The van der Waals surface area contributed by atoms with Gasteiger partial charge in [0.05, 0.1) is 10.9 Å². The second kappa shape index (κ2) is 4.28. The van der Waals surface area contributed by atoms with Crippen molar-refractivity contribution in [2.75, 3.05) is 0 Å². The van der Waals surface area contributed by atoms with Gasteiger partial charge in [0.1, 0.15) is 11.4 Å². The van der Waals surface area contributed by atoms with Gasteiger partial charge in [0.25, 0.3) is 5.56 Å². The van der Waals surface area contributed by atoms with Gasteiger partial charge in [0, 0.05) is 5.39 Å². The highest BCUT2D eigenvalue weighted by molar-refractivity contribution is 5.83. The van der Waals surface area contributed by atoms with Gasteiger partial charge in [0.2, 0.25) is 0 Å². The SMILES string of the molecule is O=c1[nH]c(-c2cc3ccccc3o2)nc2ccc(F)cc12.